The van der Waals surface area contributed by atoms with Crippen LogP contribution in [-0.2, 0) is 15.8 Å². The van der Waals surface area contributed by atoms with E-state index in [1.165, 1.54) is 0 Å². The number of sulfonamides is 1. The Bertz CT molecular complexity index is 514. The monoisotopic (exact) mass is 344 g/mol. The lowest BCUT2D eigenvalue weighted by Crippen LogP contribution is -2.45. The minimum Gasteiger partial charge on any atom is -0.442 e. The standard InChI is InChI=1S/C9H11BrF2N2O3S/c10-5-1-6(2-5)14-18(15,16)3-7-8(9(11)12)17-4-13-7/h4-6,9,14H,1-3H2. The van der Waals surface area contributed by atoms with E-state index in [4.69, 9.17) is 0 Å². The van der Waals surface area contributed by atoms with Crippen LogP contribution in [0.4, 0.5) is 8.78 Å². The molecule has 5 nitrogen and oxygen atoms in total. The van der Waals surface area contributed by atoms with E-state index in [9.17, 15) is 17.2 Å². The molecule has 1 aliphatic rings. The summed E-state index contributed by atoms with van der Waals surface area (Å²) >= 11 is 3.34. The second-order valence-corrected chi connectivity index (χ2v) is 7.16. The molecule has 1 N–H and O–H groups in total. The number of rotatable bonds is 5. The fourth-order valence-corrected chi connectivity index (χ4v) is 3.95. The molecule has 1 fully saturated rings. The summed E-state index contributed by atoms with van der Waals surface area (Å²) in [6, 6.07) is -0.138. The predicted molar refractivity (Wildman–Crippen MR) is 63.0 cm³/mol. The summed E-state index contributed by atoms with van der Waals surface area (Å²) in [5.41, 5.74) is -0.243. The fourth-order valence-electron chi connectivity index (χ4n) is 1.68. The van der Waals surface area contributed by atoms with Gasteiger partial charge in [0.1, 0.15) is 11.4 Å². The van der Waals surface area contributed by atoms with Crippen LogP contribution in [0.3, 0.4) is 0 Å². The van der Waals surface area contributed by atoms with Crippen molar-refractivity contribution in [1.82, 2.24) is 9.71 Å². The summed E-state index contributed by atoms with van der Waals surface area (Å²) < 4.78 is 55.3. The van der Waals surface area contributed by atoms with Crippen molar-refractivity contribution >= 4 is 26.0 Å². The smallest absolute Gasteiger partial charge is 0.297 e. The van der Waals surface area contributed by atoms with Gasteiger partial charge in [-0.25, -0.2) is 26.9 Å². The molecule has 0 atom stereocenters. The number of alkyl halides is 3. The first kappa shape index (κ1) is 13.9. The first-order valence-corrected chi connectivity index (χ1v) is 7.78. The quantitative estimate of drug-likeness (QED) is 0.828. The molecule has 102 valence electrons. The van der Waals surface area contributed by atoms with E-state index in [2.05, 4.69) is 30.1 Å². The highest BCUT2D eigenvalue weighted by Crippen LogP contribution is 2.28. The predicted octanol–water partition coefficient (Wildman–Crippen LogP) is 1.96. The van der Waals surface area contributed by atoms with Crippen LogP contribution in [0, 0.1) is 0 Å². The average Bonchev–Trinajstić information content (AvgIpc) is 2.62. The summed E-state index contributed by atoms with van der Waals surface area (Å²) in [5, 5.41) is 0. The highest BCUT2D eigenvalue weighted by Gasteiger charge is 2.31. The zero-order chi connectivity index (χ0) is 13.3. The van der Waals surface area contributed by atoms with Gasteiger partial charge in [-0.05, 0) is 12.8 Å². The third-order valence-electron chi connectivity index (χ3n) is 2.62. The lowest BCUT2D eigenvalue weighted by atomic mass is 9.94. The van der Waals surface area contributed by atoms with Crippen molar-refractivity contribution in [3.05, 3.63) is 17.8 Å². The van der Waals surface area contributed by atoms with Gasteiger partial charge in [0.15, 0.2) is 12.2 Å². The molecule has 0 aromatic carbocycles. The van der Waals surface area contributed by atoms with Crippen molar-refractivity contribution in [2.24, 2.45) is 0 Å². The van der Waals surface area contributed by atoms with E-state index in [1.54, 1.807) is 0 Å². The highest BCUT2D eigenvalue weighted by atomic mass is 79.9. The van der Waals surface area contributed by atoms with Crippen molar-refractivity contribution in [3.63, 3.8) is 0 Å². The second kappa shape index (κ2) is 5.22. The molecule has 2 rings (SSSR count). The summed E-state index contributed by atoms with van der Waals surface area (Å²) in [6.45, 7) is 0. The zero-order valence-corrected chi connectivity index (χ0v) is 11.5. The number of hydrogen-bond donors (Lipinski definition) is 1. The maximum Gasteiger partial charge on any atom is 0.297 e. The molecule has 1 heterocycles. The maximum atomic E-state index is 12.5. The van der Waals surface area contributed by atoms with Gasteiger partial charge < -0.3 is 4.42 Å². The van der Waals surface area contributed by atoms with Crippen molar-refractivity contribution in [2.45, 2.75) is 35.9 Å². The summed E-state index contributed by atoms with van der Waals surface area (Å²) in [6.07, 6.45) is -0.655. The third-order valence-corrected chi connectivity index (χ3v) is 4.72. The largest absolute Gasteiger partial charge is 0.442 e. The Morgan fingerprint density at radius 3 is 2.78 bits per heavy atom. The molecule has 18 heavy (non-hydrogen) atoms. The van der Waals surface area contributed by atoms with Crippen molar-refractivity contribution < 1.29 is 21.6 Å². The Balaban J connectivity index is 2.01. The third kappa shape index (κ3) is 3.27. The average molecular weight is 345 g/mol. The lowest BCUT2D eigenvalue weighted by molar-refractivity contribution is 0.120. The van der Waals surface area contributed by atoms with Crippen LogP contribution < -0.4 is 4.72 Å². The molecule has 9 heteroatoms. The summed E-state index contributed by atoms with van der Waals surface area (Å²) in [7, 11) is -3.67. The molecule has 0 bridgehead atoms. The minimum absolute atomic E-state index is 0.138. The van der Waals surface area contributed by atoms with Gasteiger partial charge in [-0.1, -0.05) is 15.9 Å². The number of nitrogens with zero attached hydrogens (tertiary/aromatic N) is 1. The molecule has 1 aliphatic carbocycles. The molecule has 0 radical (unpaired) electrons. The van der Waals surface area contributed by atoms with E-state index >= 15 is 0 Å². The lowest BCUT2D eigenvalue weighted by Gasteiger charge is -2.31. The van der Waals surface area contributed by atoms with Gasteiger partial charge >= 0.3 is 0 Å². The van der Waals surface area contributed by atoms with Gasteiger partial charge in [-0.15, -0.1) is 0 Å². The van der Waals surface area contributed by atoms with Gasteiger partial charge in [-0.2, -0.15) is 0 Å². The maximum absolute atomic E-state index is 12.5. The normalized spacial score (nSPS) is 24.2. The van der Waals surface area contributed by atoms with Crippen molar-refractivity contribution in [3.8, 4) is 0 Å². The molecule has 1 aromatic rings. The molecular weight excluding hydrogens is 334 g/mol. The summed E-state index contributed by atoms with van der Waals surface area (Å²) in [4.78, 5) is 3.83. The van der Waals surface area contributed by atoms with Crippen molar-refractivity contribution in [1.29, 1.82) is 0 Å². The van der Waals surface area contributed by atoms with Gasteiger partial charge in [0, 0.05) is 10.9 Å². The molecule has 0 amide bonds. The SMILES string of the molecule is O=S(=O)(Cc1ncoc1C(F)F)NC1CC(Br)C1. The van der Waals surface area contributed by atoms with Crippen LogP contribution in [-0.4, -0.2) is 24.3 Å². The van der Waals surface area contributed by atoms with E-state index < -0.39 is 28.0 Å². The number of hydrogen-bond acceptors (Lipinski definition) is 4. The molecular formula is C9H11BrF2N2O3S. The first-order valence-electron chi connectivity index (χ1n) is 5.22. The Hall–Kier alpha value is -0.540. The van der Waals surface area contributed by atoms with Crippen LogP contribution in [0.15, 0.2) is 10.8 Å². The van der Waals surface area contributed by atoms with E-state index in [0.29, 0.717) is 17.7 Å². The van der Waals surface area contributed by atoms with E-state index in [-0.39, 0.29) is 11.7 Å². The topological polar surface area (TPSA) is 72.2 Å². The number of aromatic nitrogens is 1. The Morgan fingerprint density at radius 1 is 1.56 bits per heavy atom. The van der Waals surface area contributed by atoms with Gasteiger partial charge in [0.2, 0.25) is 10.0 Å². The van der Waals surface area contributed by atoms with Crippen molar-refractivity contribution in [2.75, 3.05) is 0 Å². The van der Waals surface area contributed by atoms with Gasteiger partial charge in [0.25, 0.3) is 6.43 Å². The van der Waals surface area contributed by atoms with Crippen LogP contribution >= 0.6 is 15.9 Å². The number of halogens is 3. The van der Waals surface area contributed by atoms with Gasteiger partial charge in [-0.3, -0.25) is 0 Å². The summed E-state index contributed by atoms with van der Waals surface area (Å²) in [5.74, 6) is -1.28. The van der Waals surface area contributed by atoms with Crippen LogP contribution in [0.2, 0.25) is 0 Å². The fraction of sp³-hybridized carbons (Fsp3) is 0.667. The Labute approximate surface area is 111 Å². The molecule has 0 aliphatic heterocycles. The van der Waals surface area contributed by atoms with Crippen LogP contribution in [0.25, 0.3) is 0 Å². The highest BCUT2D eigenvalue weighted by molar-refractivity contribution is 9.09. The van der Waals surface area contributed by atoms with E-state index in [1.807, 2.05) is 0 Å². The number of nitrogens with one attached hydrogen (secondary N) is 1. The zero-order valence-electron chi connectivity index (χ0n) is 9.14. The molecule has 1 aromatic heterocycles. The molecule has 1 saturated carbocycles. The molecule has 0 saturated heterocycles. The Morgan fingerprint density at radius 2 is 2.22 bits per heavy atom. The first-order chi connectivity index (χ1) is 8.37. The molecule has 0 unspecified atom stereocenters. The minimum atomic E-state index is -3.67. The second-order valence-electron chi connectivity index (χ2n) is 4.11. The Kier molecular flexibility index (Phi) is 4.02. The van der Waals surface area contributed by atoms with Crippen LogP contribution in [0.1, 0.15) is 30.7 Å². The van der Waals surface area contributed by atoms with E-state index in [0.717, 1.165) is 6.39 Å². The van der Waals surface area contributed by atoms with Gasteiger partial charge in [0.05, 0.1) is 0 Å². The van der Waals surface area contributed by atoms with Crippen LogP contribution in [0.5, 0.6) is 0 Å². The number of oxazole rings is 1. The molecule has 0 spiro atoms.